The van der Waals surface area contributed by atoms with Crippen molar-refractivity contribution in [2.24, 2.45) is 0 Å². The van der Waals surface area contributed by atoms with Gasteiger partial charge in [0, 0.05) is 5.02 Å². The first kappa shape index (κ1) is 16.8. The number of hydrogen-bond acceptors (Lipinski definition) is 4. The average Bonchev–Trinajstić information content (AvgIpc) is 2.37. The van der Waals surface area contributed by atoms with Gasteiger partial charge in [-0.1, -0.05) is 17.7 Å². The van der Waals surface area contributed by atoms with Gasteiger partial charge in [0.15, 0.2) is 6.10 Å². The number of rotatable bonds is 7. The SMILES string of the molecule is CC(Oc1cccc(Cl)c1)C(=O)N[C@@H](CC(=O)O)C(=O)O. The van der Waals surface area contributed by atoms with E-state index >= 15 is 0 Å². The number of benzene rings is 1. The number of carboxylic acid groups (broad SMARTS) is 2. The third-order valence-corrected chi connectivity index (χ3v) is 2.71. The Morgan fingerprint density at radius 1 is 1.33 bits per heavy atom. The van der Waals surface area contributed by atoms with Gasteiger partial charge >= 0.3 is 11.9 Å². The van der Waals surface area contributed by atoms with Crippen LogP contribution in [0.2, 0.25) is 5.02 Å². The first-order chi connectivity index (χ1) is 9.79. The molecule has 0 radical (unpaired) electrons. The lowest BCUT2D eigenvalue weighted by molar-refractivity contribution is -0.147. The van der Waals surface area contributed by atoms with Crippen LogP contribution in [0.3, 0.4) is 0 Å². The van der Waals surface area contributed by atoms with Gasteiger partial charge < -0.3 is 20.3 Å². The maximum atomic E-state index is 11.8. The molecule has 1 aromatic rings. The van der Waals surface area contributed by atoms with Crippen molar-refractivity contribution in [1.29, 1.82) is 0 Å². The number of carbonyl (C=O) groups excluding carboxylic acids is 1. The molecule has 114 valence electrons. The number of ether oxygens (including phenoxy) is 1. The number of halogens is 1. The minimum atomic E-state index is -1.51. The van der Waals surface area contributed by atoms with E-state index in [1.54, 1.807) is 18.2 Å². The van der Waals surface area contributed by atoms with Crippen molar-refractivity contribution in [3.8, 4) is 5.75 Å². The van der Waals surface area contributed by atoms with Gasteiger partial charge in [-0.2, -0.15) is 0 Å². The second-order valence-corrected chi connectivity index (χ2v) is 4.65. The molecule has 21 heavy (non-hydrogen) atoms. The van der Waals surface area contributed by atoms with Crippen LogP contribution in [-0.2, 0) is 14.4 Å². The number of carboxylic acids is 2. The van der Waals surface area contributed by atoms with E-state index in [1.807, 2.05) is 0 Å². The highest BCUT2D eigenvalue weighted by Gasteiger charge is 2.26. The van der Waals surface area contributed by atoms with Gasteiger partial charge in [-0.25, -0.2) is 4.79 Å². The predicted molar refractivity (Wildman–Crippen MR) is 73.4 cm³/mol. The van der Waals surface area contributed by atoms with Crippen LogP contribution in [0, 0.1) is 0 Å². The maximum Gasteiger partial charge on any atom is 0.326 e. The molecule has 1 rings (SSSR count). The molecule has 0 aromatic heterocycles. The van der Waals surface area contributed by atoms with E-state index in [0.29, 0.717) is 10.8 Å². The van der Waals surface area contributed by atoms with Crippen LogP contribution in [0.4, 0.5) is 0 Å². The molecule has 8 heteroatoms. The van der Waals surface area contributed by atoms with Crippen LogP contribution in [0.25, 0.3) is 0 Å². The average molecular weight is 316 g/mol. The van der Waals surface area contributed by atoms with Gasteiger partial charge in [-0.15, -0.1) is 0 Å². The molecule has 1 unspecified atom stereocenters. The van der Waals surface area contributed by atoms with Crippen molar-refractivity contribution >= 4 is 29.4 Å². The molecule has 0 saturated heterocycles. The van der Waals surface area contributed by atoms with E-state index in [9.17, 15) is 14.4 Å². The third-order valence-electron chi connectivity index (χ3n) is 2.47. The summed E-state index contributed by atoms with van der Waals surface area (Å²) < 4.78 is 5.31. The lowest BCUT2D eigenvalue weighted by Gasteiger charge is -2.18. The lowest BCUT2D eigenvalue weighted by Crippen LogP contribution is -2.47. The van der Waals surface area contributed by atoms with Crippen LogP contribution in [0.15, 0.2) is 24.3 Å². The second kappa shape index (κ2) is 7.49. The van der Waals surface area contributed by atoms with Gasteiger partial charge in [0.2, 0.25) is 0 Å². The van der Waals surface area contributed by atoms with Crippen molar-refractivity contribution in [2.45, 2.75) is 25.5 Å². The molecule has 0 aliphatic rings. The van der Waals surface area contributed by atoms with Crippen LogP contribution in [0.1, 0.15) is 13.3 Å². The number of aliphatic carboxylic acids is 2. The molecular weight excluding hydrogens is 302 g/mol. The standard InChI is InChI=1S/C13H14ClNO6/c1-7(21-9-4-2-3-8(14)5-9)12(18)15-10(13(19)20)6-11(16)17/h2-5,7,10H,6H2,1H3,(H,15,18)(H,16,17)(H,19,20)/t7?,10-/m0/s1. The summed E-state index contributed by atoms with van der Waals surface area (Å²) >= 11 is 5.77. The van der Waals surface area contributed by atoms with E-state index in [-0.39, 0.29) is 0 Å². The third kappa shape index (κ3) is 5.70. The van der Waals surface area contributed by atoms with Gasteiger partial charge in [-0.3, -0.25) is 9.59 Å². The highest BCUT2D eigenvalue weighted by Crippen LogP contribution is 2.18. The van der Waals surface area contributed by atoms with Gasteiger partial charge in [0.05, 0.1) is 6.42 Å². The Balaban J connectivity index is 2.64. The van der Waals surface area contributed by atoms with Crippen molar-refractivity contribution in [3.63, 3.8) is 0 Å². The van der Waals surface area contributed by atoms with Crippen molar-refractivity contribution in [1.82, 2.24) is 5.32 Å². The Hall–Kier alpha value is -2.28. The molecule has 0 heterocycles. The smallest absolute Gasteiger partial charge is 0.326 e. The minimum absolute atomic E-state index is 0.343. The molecule has 2 atom stereocenters. The fourth-order valence-corrected chi connectivity index (χ4v) is 1.64. The molecular formula is C13H14ClNO6. The van der Waals surface area contributed by atoms with Crippen molar-refractivity contribution < 1.29 is 29.3 Å². The molecule has 1 aromatic carbocycles. The summed E-state index contributed by atoms with van der Waals surface area (Å²) in [6.07, 6.45) is -1.72. The van der Waals surface area contributed by atoms with E-state index in [0.717, 1.165) is 0 Å². The number of hydrogen-bond donors (Lipinski definition) is 3. The summed E-state index contributed by atoms with van der Waals surface area (Å²) in [5.41, 5.74) is 0. The molecule has 0 aliphatic carbocycles. The van der Waals surface area contributed by atoms with E-state index in [4.69, 9.17) is 26.6 Å². The van der Waals surface area contributed by atoms with Crippen molar-refractivity contribution in [2.75, 3.05) is 0 Å². The molecule has 0 saturated carbocycles. The van der Waals surface area contributed by atoms with Gasteiger partial charge in [0.1, 0.15) is 11.8 Å². The number of amides is 1. The normalized spacial score (nSPS) is 13.0. The molecule has 0 aliphatic heterocycles. The summed E-state index contributed by atoms with van der Waals surface area (Å²) in [6, 6.07) is 4.83. The Labute approximate surface area is 125 Å². The lowest BCUT2D eigenvalue weighted by atomic mass is 10.2. The monoisotopic (exact) mass is 315 g/mol. The molecule has 0 bridgehead atoms. The Kier molecular flexibility index (Phi) is 5.98. The van der Waals surface area contributed by atoms with Crippen LogP contribution in [-0.4, -0.2) is 40.2 Å². The fraction of sp³-hybridized carbons (Fsp3) is 0.308. The summed E-state index contributed by atoms with van der Waals surface area (Å²) in [4.78, 5) is 33.2. The quantitative estimate of drug-likeness (QED) is 0.695. The zero-order valence-corrected chi connectivity index (χ0v) is 11.8. The largest absolute Gasteiger partial charge is 0.481 e. The van der Waals surface area contributed by atoms with Gasteiger partial charge in [-0.05, 0) is 25.1 Å². The van der Waals surface area contributed by atoms with Crippen LogP contribution < -0.4 is 10.1 Å². The second-order valence-electron chi connectivity index (χ2n) is 4.21. The molecule has 0 fully saturated rings. The van der Waals surface area contributed by atoms with E-state index in [1.165, 1.54) is 13.0 Å². The Morgan fingerprint density at radius 2 is 2.00 bits per heavy atom. The molecule has 1 amide bonds. The zero-order chi connectivity index (χ0) is 16.0. The first-order valence-electron chi connectivity index (χ1n) is 5.96. The van der Waals surface area contributed by atoms with Crippen LogP contribution >= 0.6 is 11.6 Å². The maximum absolute atomic E-state index is 11.8. The number of nitrogens with one attached hydrogen (secondary N) is 1. The molecule has 0 spiro atoms. The fourth-order valence-electron chi connectivity index (χ4n) is 1.46. The Bertz CT molecular complexity index is 547. The summed E-state index contributed by atoms with van der Waals surface area (Å²) in [7, 11) is 0. The molecule has 3 N–H and O–H groups in total. The highest BCUT2D eigenvalue weighted by molar-refractivity contribution is 6.30. The number of carbonyl (C=O) groups is 3. The summed E-state index contributed by atoms with van der Waals surface area (Å²) in [5, 5.41) is 20.0. The topological polar surface area (TPSA) is 113 Å². The summed E-state index contributed by atoms with van der Waals surface area (Å²) in [6.45, 7) is 1.41. The first-order valence-corrected chi connectivity index (χ1v) is 6.34. The van der Waals surface area contributed by atoms with Crippen molar-refractivity contribution in [3.05, 3.63) is 29.3 Å². The summed E-state index contributed by atoms with van der Waals surface area (Å²) in [5.74, 6) is -3.15. The van der Waals surface area contributed by atoms with Crippen LogP contribution in [0.5, 0.6) is 5.75 Å². The van der Waals surface area contributed by atoms with E-state index < -0.39 is 36.4 Å². The van der Waals surface area contributed by atoms with Gasteiger partial charge in [0.25, 0.3) is 5.91 Å². The Morgan fingerprint density at radius 3 is 2.52 bits per heavy atom. The minimum Gasteiger partial charge on any atom is -0.481 e. The van der Waals surface area contributed by atoms with E-state index in [2.05, 4.69) is 5.32 Å². The molecule has 7 nitrogen and oxygen atoms in total. The highest BCUT2D eigenvalue weighted by atomic mass is 35.5. The zero-order valence-electron chi connectivity index (χ0n) is 11.1. The predicted octanol–water partition coefficient (Wildman–Crippen LogP) is 1.15.